The maximum absolute atomic E-state index is 15.0. The van der Waals surface area contributed by atoms with Gasteiger partial charge in [-0.2, -0.15) is 5.10 Å². The molecule has 7 rings (SSSR count). The molecule has 2 atom stereocenters. The largest absolute Gasteiger partial charge is 0.361 e. The Morgan fingerprint density at radius 1 is 0.904 bits per heavy atom. The number of carbonyl (C=O) groups excluding carboxylic acids is 2. The van der Waals surface area contributed by atoms with Crippen molar-refractivity contribution in [3.8, 4) is 11.1 Å². The molecule has 3 aromatic carbocycles. The van der Waals surface area contributed by atoms with Crippen LogP contribution in [0.4, 0.5) is 19.0 Å². The number of piperidine rings is 2. The first-order valence-corrected chi connectivity index (χ1v) is 17.8. The minimum absolute atomic E-state index is 0.130. The van der Waals surface area contributed by atoms with Crippen molar-refractivity contribution in [3.05, 3.63) is 118 Å². The summed E-state index contributed by atoms with van der Waals surface area (Å²) in [6.07, 6.45) is 1.88. The summed E-state index contributed by atoms with van der Waals surface area (Å²) in [5, 5.41) is 16.0. The monoisotopic (exact) mass is 706 g/mol. The highest BCUT2D eigenvalue weighted by atomic mass is 19.3. The first-order valence-electron chi connectivity index (χ1n) is 17.8. The Morgan fingerprint density at radius 3 is 2.42 bits per heavy atom. The predicted octanol–water partition coefficient (Wildman–Crippen LogP) is 8.46. The molecule has 2 aliphatic heterocycles. The third kappa shape index (κ3) is 7.27. The Kier molecular flexibility index (Phi) is 10.1. The van der Waals surface area contributed by atoms with E-state index in [1.807, 2.05) is 37.4 Å². The summed E-state index contributed by atoms with van der Waals surface area (Å²) in [5.41, 5.74) is 6.65. The lowest BCUT2D eigenvalue weighted by atomic mass is 9.83. The molecular formula is C41H41F3N6O2. The van der Waals surface area contributed by atoms with Gasteiger partial charge in [0, 0.05) is 35.5 Å². The Labute approximate surface area is 300 Å². The molecule has 2 fully saturated rings. The summed E-state index contributed by atoms with van der Waals surface area (Å²) in [6, 6.07) is 19.9. The van der Waals surface area contributed by atoms with E-state index in [9.17, 15) is 22.8 Å². The molecule has 0 aliphatic carbocycles. The fourth-order valence-electron chi connectivity index (χ4n) is 7.69. The van der Waals surface area contributed by atoms with Crippen LogP contribution in [0.2, 0.25) is 0 Å². The standard InChI is InChI=1S/C41H41F3N6O2/c1-23-19-29(34-11-12-37(51)47-41(34)52)8-9-31(23)26-14-17-50(18-15-26)22-30-20-28(13-16-45-30)27-7-10-32-25(3)48-49-40(36(32)21-27)46-24(2)33-5-4-6-35(38(33)42)39(43)44/h4-10,13,16,19-21,24,26,34,39H,11-12,14-15,17-18,22H2,1-3H3,(H,46,49)(H,47,51,52). The van der Waals surface area contributed by atoms with Crippen molar-refractivity contribution in [3.63, 3.8) is 0 Å². The van der Waals surface area contributed by atoms with Gasteiger partial charge in [-0.25, -0.2) is 13.2 Å². The second kappa shape index (κ2) is 14.8. The van der Waals surface area contributed by atoms with Crippen LogP contribution in [0.5, 0.6) is 0 Å². The van der Waals surface area contributed by atoms with Gasteiger partial charge in [-0.05, 0) is 105 Å². The van der Waals surface area contributed by atoms with Crippen LogP contribution < -0.4 is 10.6 Å². The minimum Gasteiger partial charge on any atom is -0.361 e. The number of aromatic nitrogens is 3. The van der Waals surface area contributed by atoms with Crippen molar-refractivity contribution in [1.29, 1.82) is 0 Å². The summed E-state index contributed by atoms with van der Waals surface area (Å²) in [5.74, 6) is -0.730. The minimum atomic E-state index is -2.91. The van der Waals surface area contributed by atoms with Crippen LogP contribution in [0.25, 0.3) is 21.9 Å². The molecule has 268 valence electrons. The summed E-state index contributed by atoms with van der Waals surface area (Å²) in [7, 11) is 0. The van der Waals surface area contributed by atoms with E-state index in [1.165, 1.54) is 23.3 Å². The van der Waals surface area contributed by atoms with Crippen LogP contribution in [-0.4, -0.2) is 45.0 Å². The molecule has 2 amide bonds. The number of alkyl halides is 2. The number of likely N-dealkylation sites (tertiary alicyclic amines) is 1. The van der Waals surface area contributed by atoms with Crippen molar-refractivity contribution < 1.29 is 22.8 Å². The van der Waals surface area contributed by atoms with Gasteiger partial charge in [-0.15, -0.1) is 5.10 Å². The number of pyridine rings is 1. The number of aryl methyl sites for hydroxylation is 2. The SMILES string of the molecule is Cc1cc(C2CCC(=O)NC2=O)ccc1C1CCN(Cc2cc(-c3ccc4c(C)nnc(NC(C)c5cccc(C(F)F)c5F)c4c3)ccn2)CC1. The third-order valence-corrected chi connectivity index (χ3v) is 10.6. The Bertz CT molecular complexity index is 2150. The summed E-state index contributed by atoms with van der Waals surface area (Å²) in [4.78, 5) is 31.1. The highest BCUT2D eigenvalue weighted by Crippen LogP contribution is 2.35. The molecule has 2 saturated heterocycles. The van der Waals surface area contributed by atoms with Gasteiger partial charge in [-0.3, -0.25) is 24.8 Å². The van der Waals surface area contributed by atoms with Crippen LogP contribution in [0.15, 0.2) is 72.9 Å². The Balaban J connectivity index is 1.03. The molecule has 2 aliphatic rings. The van der Waals surface area contributed by atoms with E-state index in [1.54, 1.807) is 6.92 Å². The quantitative estimate of drug-likeness (QED) is 0.148. The molecule has 2 N–H and O–H groups in total. The number of anilines is 1. The van der Waals surface area contributed by atoms with Gasteiger partial charge >= 0.3 is 0 Å². The number of imide groups is 1. The van der Waals surface area contributed by atoms with E-state index >= 15 is 0 Å². The van der Waals surface area contributed by atoms with Crippen molar-refractivity contribution in [2.45, 2.75) is 77.3 Å². The van der Waals surface area contributed by atoms with Crippen molar-refractivity contribution in [1.82, 2.24) is 25.4 Å². The van der Waals surface area contributed by atoms with E-state index in [0.717, 1.165) is 77.4 Å². The van der Waals surface area contributed by atoms with Gasteiger partial charge in [-0.1, -0.05) is 48.5 Å². The maximum atomic E-state index is 15.0. The number of fused-ring (bicyclic) bond motifs is 1. The highest BCUT2D eigenvalue weighted by Gasteiger charge is 2.29. The molecular weight excluding hydrogens is 665 g/mol. The average Bonchev–Trinajstić information content (AvgIpc) is 3.13. The van der Waals surface area contributed by atoms with E-state index in [0.29, 0.717) is 24.6 Å². The number of benzene rings is 3. The molecule has 0 radical (unpaired) electrons. The first kappa shape index (κ1) is 35.3. The zero-order chi connectivity index (χ0) is 36.5. The van der Waals surface area contributed by atoms with E-state index in [-0.39, 0.29) is 23.3 Å². The zero-order valence-electron chi connectivity index (χ0n) is 29.4. The molecule has 5 aromatic rings. The van der Waals surface area contributed by atoms with E-state index in [4.69, 9.17) is 4.98 Å². The fraction of sp³-hybridized carbons (Fsp3) is 0.341. The topological polar surface area (TPSA) is 100 Å². The van der Waals surface area contributed by atoms with Crippen LogP contribution >= 0.6 is 0 Å². The van der Waals surface area contributed by atoms with Crippen LogP contribution in [0.1, 0.15) is 96.1 Å². The normalized spacial score (nSPS) is 17.8. The van der Waals surface area contributed by atoms with Gasteiger partial charge < -0.3 is 5.32 Å². The second-order valence-electron chi connectivity index (χ2n) is 14.0. The van der Waals surface area contributed by atoms with Gasteiger partial charge in [0.15, 0.2) is 5.82 Å². The molecule has 4 heterocycles. The number of hydrogen-bond donors (Lipinski definition) is 2. The Hall–Kier alpha value is -5.16. The smallest absolute Gasteiger partial charge is 0.266 e. The summed E-state index contributed by atoms with van der Waals surface area (Å²) >= 11 is 0. The molecule has 0 bridgehead atoms. The lowest BCUT2D eigenvalue weighted by Gasteiger charge is -2.33. The zero-order valence-corrected chi connectivity index (χ0v) is 29.4. The number of amides is 2. The number of nitrogens with one attached hydrogen (secondary N) is 2. The molecule has 2 aromatic heterocycles. The maximum Gasteiger partial charge on any atom is 0.266 e. The van der Waals surface area contributed by atoms with E-state index < -0.39 is 23.8 Å². The second-order valence-corrected chi connectivity index (χ2v) is 14.0. The lowest BCUT2D eigenvalue weighted by Crippen LogP contribution is -2.39. The molecule has 52 heavy (non-hydrogen) atoms. The number of nitrogens with zero attached hydrogens (tertiary/aromatic N) is 4. The van der Waals surface area contributed by atoms with Gasteiger partial charge in [0.2, 0.25) is 11.8 Å². The van der Waals surface area contributed by atoms with Crippen molar-refractivity contribution >= 4 is 28.4 Å². The predicted molar refractivity (Wildman–Crippen MR) is 194 cm³/mol. The molecule has 2 unspecified atom stereocenters. The average molecular weight is 707 g/mol. The van der Waals surface area contributed by atoms with E-state index in [2.05, 4.69) is 56.9 Å². The summed E-state index contributed by atoms with van der Waals surface area (Å²) < 4.78 is 41.7. The van der Waals surface area contributed by atoms with Crippen LogP contribution in [0, 0.1) is 19.7 Å². The molecule has 0 spiro atoms. The number of rotatable bonds is 9. The van der Waals surface area contributed by atoms with Crippen molar-refractivity contribution in [2.75, 3.05) is 18.4 Å². The molecule has 11 heteroatoms. The third-order valence-electron chi connectivity index (χ3n) is 10.6. The first-order chi connectivity index (χ1) is 25.0. The highest BCUT2D eigenvalue weighted by molar-refractivity contribution is 6.01. The van der Waals surface area contributed by atoms with Crippen LogP contribution in [0.3, 0.4) is 0 Å². The number of hydrogen-bond acceptors (Lipinski definition) is 7. The lowest BCUT2D eigenvalue weighted by molar-refractivity contribution is -0.134. The van der Waals surface area contributed by atoms with Gasteiger partial charge in [0.05, 0.1) is 28.9 Å². The molecule has 0 saturated carbocycles. The van der Waals surface area contributed by atoms with Crippen LogP contribution in [-0.2, 0) is 16.1 Å². The molecule has 8 nitrogen and oxygen atoms in total. The number of carbonyl (C=O) groups is 2. The summed E-state index contributed by atoms with van der Waals surface area (Å²) in [6.45, 7) is 8.30. The van der Waals surface area contributed by atoms with Gasteiger partial charge in [0.25, 0.3) is 6.43 Å². The van der Waals surface area contributed by atoms with Gasteiger partial charge in [0.1, 0.15) is 5.82 Å². The van der Waals surface area contributed by atoms with Crippen molar-refractivity contribution in [2.24, 2.45) is 0 Å². The fourth-order valence-corrected chi connectivity index (χ4v) is 7.69. The number of halogens is 3. The Morgan fingerprint density at radius 2 is 1.67 bits per heavy atom.